The van der Waals surface area contributed by atoms with E-state index in [0.29, 0.717) is 24.6 Å². The Labute approximate surface area is 108 Å². The SMILES string of the molecule is NCCCc1cnc(CC2CCCS(=O)(=O)C2)o1. The predicted octanol–water partition coefficient (Wildman–Crippen LogP) is 0.933. The summed E-state index contributed by atoms with van der Waals surface area (Å²) in [5, 5.41) is 0. The normalized spacial score (nSPS) is 23.1. The minimum absolute atomic E-state index is 0.157. The number of aryl methyl sites for hydroxylation is 1. The lowest BCUT2D eigenvalue weighted by Crippen LogP contribution is -2.26. The van der Waals surface area contributed by atoms with Crippen molar-refractivity contribution in [2.75, 3.05) is 18.1 Å². The van der Waals surface area contributed by atoms with Gasteiger partial charge in [0.15, 0.2) is 15.7 Å². The van der Waals surface area contributed by atoms with Crippen molar-refractivity contribution in [2.24, 2.45) is 11.7 Å². The Morgan fingerprint density at radius 2 is 2.33 bits per heavy atom. The lowest BCUT2D eigenvalue weighted by molar-refractivity contribution is 0.398. The van der Waals surface area contributed by atoms with Crippen LogP contribution in [0, 0.1) is 5.92 Å². The van der Waals surface area contributed by atoms with Gasteiger partial charge >= 0.3 is 0 Å². The van der Waals surface area contributed by atoms with Crippen molar-refractivity contribution in [3.8, 4) is 0 Å². The summed E-state index contributed by atoms with van der Waals surface area (Å²) in [6.07, 6.45) is 5.73. The molecule has 1 aliphatic heterocycles. The molecular formula is C12H20N2O3S. The maximum absolute atomic E-state index is 11.5. The lowest BCUT2D eigenvalue weighted by Gasteiger charge is -2.20. The van der Waals surface area contributed by atoms with Crippen LogP contribution in [0.5, 0.6) is 0 Å². The molecule has 2 rings (SSSR count). The summed E-state index contributed by atoms with van der Waals surface area (Å²) < 4.78 is 28.7. The van der Waals surface area contributed by atoms with Crippen LogP contribution in [0.25, 0.3) is 0 Å². The van der Waals surface area contributed by atoms with Gasteiger partial charge in [-0.25, -0.2) is 13.4 Å². The molecule has 0 amide bonds. The molecule has 1 saturated heterocycles. The van der Waals surface area contributed by atoms with Crippen LogP contribution >= 0.6 is 0 Å². The Morgan fingerprint density at radius 3 is 3.06 bits per heavy atom. The van der Waals surface area contributed by atoms with Gasteiger partial charge in [0.25, 0.3) is 0 Å². The van der Waals surface area contributed by atoms with Gasteiger partial charge in [0.05, 0.1) is 17.7 Å². The summed E-state index contributed by atoms with van der Waals surface area (Å²) >= 11 is 0. The molecule has 102 valence electrons. The van der Waals surface area contributed by atoms with E-state index < -0.39 is 9.84 Å². The van der Waals surface area contributed by atoms with E-state index in [1.807, 2.05) is 0 Å². The second kappa shape index (κ2) is 5.84. The molecule has 2 N–H and O–H groups in total. The number of nitrogens with two attached hydrogens (primary N) is 1. The highest BCUT2D eigenvalue weighted by Crippen LogP contribution is 2.22. The zero-order valence-electron chi connectivity index (χ0n) is 10.5. The van der Waals surface area contributed by atoms with E-state index in [9.17, 15) is 8.42 Å². The highest BCUT2D eigenvalue weighted by molar-refractivity contribution is 7.91. The molecule has 0 aromatic carbocycles. The summed E-state index contributed by atoms with van der Waals surface area (Å²) in [4.78, 5) is 4.21. The van der Waals surface area contributed by atoms with E-state index in [1.54, 1.807) is 6.20 Å². The summed E-state index contributed by atoms with van der Waals surface area (Å²) in [5.74, 6) is 2.26. The predicted molar refractivity (Wildman–Crippen MR) is 69.0 cm³/mol. The molecule has 0 aliphatic carbocycles. The first-order valence-corrected chi connectivity index (χ1v) is 8.25. The first kappa shape index (κ1) is 13.5. The standard InChI is InChI=1S/C12H20N2O3S/c13-5-1-4-11-8-14-12(17-11)7-10-3-2-6-18(15,16)9-10/h8,10H,1-7,9,13H2. The van der Waals surface area contributed by atoms with Gasteiger partial charge in [-0.3, -0.25) is 0 Å². The second-order valence-electron chi connectivity index (χ2n) is 4.94. The molecule has 1 aliphatic rings. The molecule has 1 aromatic rings. The van der Waals surface area contributed by atoms with Gasteiger partial charge in [-0.05, 0) is 31.7 Å². The fraction of sp³-hybridized carbons (Fsp3) is 0.750. The van der Waals surface area contributed by atoms with E-state index >= 15 is 0 Å². The molecule has 0 spiro atoms. The third-order valence-electron chi connectivity index (χ3n) is 3.25. The molecule has 1 atom stereocenters. The van der Waals surface area contributed by atoms with Gasteiger partial charge in [-0.15, -0.1) is 0 Å². The average molecular weight is 272 g/mol. The zero-order valence-corrected chi connectivity index (χ0v) is 11.3. The zero-order chi connectivity index (χ0) is 13.0. The van der Waals surface area contributed by atoms with Crippen molar-refractivity contribution in [3.63, 3.8) is 0 Å². The molecule has 18 heavy (non-hydrogen) atoms. The Bertz CT molecular complexity index is 481. The van der Waals surface area contributed by atoms with Crippen molar-refractivity contribution in [1.82, 2.24) is 4.98 Å². The van der Waals surface area contributed by atoms with Crippen LogP contribution in [0.4, 0.5) is 0 Å². The molecule has 0 saturated carbocycles. The number of aromatic nitrogens is 1. The maximum atomic E-state index is 11.5. The fourth-order valence-corrected chi connectivity index (χ4v) is 4.14. The summed E-state index contributed by atoms with van der Waals surface area (Å²) in [6, 6.07) is 0. The van der Waals surface area contributed by atoms with Gasteiger partial charge < -0.3 is 10.2 Å². The molecule has 6 heteroatoms. The van der Waals surface area contributed by atoms with E-state index in [1.165, 1.54) is 0 Å². The number of hydrogen-bond donors (Lipinski definition) is 1. The molecule has 1 fully saturated rings. The number of rotatable bonds is 5. The second-order valence-corrected chi connectivity index (χ2v) is 7.17. The first-order chi connectivity index (χ1) is 8.59. The fourth-order valence-electron chi connectivity index (χ4n) is 2.36. The minimum Gasteiger partial charge on any atom is -0.446 e. The van der Waals surface area contributed by atoms with Crippen LogP contribution < -0.4 is 5.73 Å². The molecule has 0 radical (unpaired) electrons. The van der Waals surface area contributed by atoms with Crippen LogP contribution in [0.15, 0.2) is 10.6 Å². The molecule has 1 unspecified atom stereocenters. The third-order valence-corrected chi connectivity index (χ3v) is 5.14. The first-order valence-electron chi connectivity index (χ1n) is 6.43. The number of nitrogens with zero attached hydrogens (tertiary/aromatic N) is 1. The van der Waals surface area contributed by atoms with E-state index in [-0.39, 0.29) is 11.7 Å². The number of hydrogen-bond acceptors (Lipinski definition) is 5. The van der Waals surface area contributed by atoms with E-state index in [2.05, 4.69) is 4.98 Å². The van der Waals surface area contributed by atoms with Crippen LogP contribution in [-0.2, 0) is 22.7 Å². The highest BCUT2D eigenvalue weighted by Gasteiger charge is 2.26. The summed E-state index contributed by atoms with van der Waals surface area (Å²) in [6.45, 7) is 0.636. The van der Waals surface area contributed by atoms with Crippen LogP contribution in [0.2, 0.25) is 0 Å². The Morgan fingerprint density at radius 1 is 1.50 bits per heavy atom. The lowest BCUT2D eigenvalue weighted by atomic mass is 10.0. The maximum Gasteiger partial charge on any atom is 0.194 e. The Hall–Kier alpha value is -0.880. The van der Waals surface area contributed by atoms with Crippen molar-refractivity contribution in [1.29, 1.82) is 0 Å². The topological polar surface area (TPSA) is 86.2 Å². The summed E-state index contributed by atoms with van der Waals surface area (Å²) in [7, 11) is -2.85. The van der Waals surface area contributed by atoms with Crippen molar-refractivity contribution >= 4 is 9.84 Å². The van der Waals surface area contributed by atoms with Crippen molar-refractivity contribution in [3.05, 3.63) is 17.8 Å². The Balaban J connectivity index is 1.91. The third kappa shape index (κ3) is 3.81. The van der Waals surface area contributed by atoms with Crippen molar-refractivity contribution < 1.29 is 12.8 Å². The van der Waals surface area contributed by atoms with E-state index in [4.69, 9.17) is 10.2 Å². The van der Waals surface area contributed by atoms with Gasteiger partial charge in [0, 0.05) is 12.8 Å². The minimum atomic E-state index is -2.85. The van der Waals surface area contributed by atoms with Gasteiger partial charge in [0.1, 0.15) is 5.76 Å². The number of oxazole rings is 1. The monoisotopic (exact) mass is 272 g/mol. The van der Waals surface area contributed by atoms with Crippen LogP contribution in [0.1, 0.15) is 30.9 Å². The van der Waals surface area contributed by atoms with Gasteiger partial charge in [-0.2, -0.15) is 0 Å². The summed E-state index contributed by atoms with van der Waals surface area (Å²) in [5.41, 5.74) is 5.43. The quantitative estimate of drug-likeness (QED) is 0.861. The molecular weight excluding hydrogens is 252 g/mol. The van der Waals surface area contributed by atoms with Crippen molar-refractivity contribution in [2.45, 2.75) is 32.1 Å². The molecule has 5 nitrogen and oxygen atoms in total. The van der Waals surface area contributed by atoms with E-state index in [0.717, 1.165) is 31.4 Å². The van der Waals surface area contributed by atoms with Crippen LogP contribution in [-0.4, -0.2) is 31.5 Å². The van der Waals surface area contributed by atoms with Gasteiger partial charge in [-0.1, -0.05) is 0 Å². The molecule has 0 bridgehead atoms. The number of sulfone groups is 1. The highest BCUT2D eigenvalue weighted by atomic mass is 32.2. The Kier molecular flexibility index (Phi) is 4.40. The smallest absolute Gasteiger partial charge is 0.194 e. The average Bonchev–Trinajstić information content (AvgIpc) is 2.73. The van der Waals surface area contributed by atoms with Gasteiger partial charge in [0.2, 0.25) is 0 Å². The largest absolute Gasteiger partial charge is 0.446 e. The van der Waals surface area contributed by atoms with Crippen LogP contribution in [0.3, 0.4) is 0 Å². The molecule has 1 aromatic heterocycles. The molecule has 2 heterocycles.